The Morgan fingerprint density at radius 3 is 2.84 bits per heavy atom. The molecular weight excluding hydrogens is 361 g/mol. The highest BCUT2D eigenvalue weighted by molar-refractivity contribution is 6.42. The van der Waals surface area contributed by atoms with Crippen LogP contribution in [-0.4, -0.2) is 32.0 Å². The van der Waals surface area contributed by atoms with E-state index in [2.05, 4.69) is 5.32 Å². The van der Waals surface area contributed by atoms with E-state index in [0.717, 1.165) is 63.7 Å². The fraction of sp³-hybridized carbons (Fsp3) is 0.632. The molecule has 2 heterocycles. The molecule has 2 saturated heterocycles. The van der Waals surface area contributed by atoms with E-state index in [4.69, 9.17) is 32.7 Å². The molecule has 3 rings (SSSR count). The standard InChI is InChI=1S/C19H25Cl2NO3/c20-15-7-6-14(13-16(15)21)19(8-3-10-22-18(19)23)9-4-12-25-17-5-1-2-11-24-17/h6-7,13,17H,1-5,8-12H2,(H,22,23). The Kier molecular flexibility index (Phi) is 6.61. The van der Waals surface area contributed by atoms with Crippen LogP contribution in [0.5, 0.6) is 0 Å². The summed E-state index contributed by atoms with van der Waals surface area (Å²) in [6.45, 7) is 2.11. The van der Waals surface area contributed by atoms with Gasteiger partial charge in [-0.05, 0) is 62.6 Å². The number of ether oxygens (including phenoxy) is 2. The molecular formula is C19H25Cl2NO3. The van der Waals surface area contributed by atoms with Gasteiger partial charge in [0.25, 0.3) is 0 Å². The molecule has 0 aromatic heterocycles. The van der Waals surface area contributed by atoms with Gasteiger partial charge < -0.3 is 14.8 Å². The third-order valence-electron chi connectivity index (χ3n) is 5.16. The van der Waals surface area contributed by atoms with Gasteiger partial charge >= 0.3 is 0 Å². The van der Waals surface area contributed by atoms with Crippen molar-refractivity contribution in [2.24, 2.45) is 0 Å². The molecule has 1 aromatic rings. The Morgan fingerprint density at radius 2 is 2.12 bits per heavy atom. The minimum Gasteiger partial charge on any atom is -0.355 e. The zero-order valence-corrected chi connectivity index (χ0v) is 15.9. The molecule has 2 atom stereocenters. The molecule has 2 fully saturated rings. The van der Waals surface area contributed by atoms with Gasteiger partial charge in [-0.1, -0.05) is 29.3 Å². The molecule has 0 bridgehead atoms. The van der Waals surface area contributed by atoms with E-state index in [0.29, 0.717) is 16.7 Å². The maximum atomic E-state index is 12.8. The summed E-state index contributed by atoms with van der Waals surface area (Å²) in [6, 6.07) is 5.53. The largest absolute Gasteiger partial charge is 0.355 e. The molecule has 1 aromatic carbocycles. The molecule has 0 radical (unpaired) electrons. The van der Waals surface area contributed by atoms with Crippen LogP contribution in [0.3, 0.4) is 0 Å². The molecule has 2 unspecified atom stereocenters. The van der Waals surface area contributed by atoms with E-state index in [1.807, 2.05) is 12.1 Å². The summed E-state index contributed by atoms with van der Waals surface area (Å²) in [5.41, 5.74) is 0.386. The van der Waals surface area contributed by atoms with Crippen LogP contribution in [0.25, 0.3) is 0 Å². The van der Waals surface area contributed by atoms with Gasteiger partial charge in [0.05, 0.1) is 15.5 Å². The molecule has 4 nitrogen and oxygen atoms in total. The van der Waals surface area contributed by atoms with Gasteiger partial charge in [-0.3, -0.25) is 4.79 Å². The second-order valence-electron chi connectivity index (χ2n) is 6.84. The van der Waals surface area contributed by atoms with Gasteiger partial charge in [-0.15, -0.1) is 0 Å². The zero-order chi connectivity index (χ0) is 17.7. The van der Waals surface area contributed by atoms with E-state index >= 15 is 0 Å². The predicted molar refractivity (Wildman–Crippen MR) is 99.2 cm³/mol. The van der Waals surface area contributed by atoms with Crippen LogP contribution in [0.2, 0.25) is 10.0 Å². The summed E-state index contributed by atoms with van der Waals surface area (Å²) in [4.78, 5) is 12.8. The molecule has 6 heteroatoms. The lowest BCUT2D eigenvalue weighted by Gasteiger charge is -2.37. The summed E-state index contributed by atoms with van der Waals surface area (Å²) in [6.07, 6.45) is 6.43. The van der Waals surface area contributed by atoms with Crippen molar-refractivity contribution in [1.82, 2.24) is 5.32 Å². The minimum absolute atomic E-state index is 0.0751. The van der Waals surface area contributed by atoms with Gasteiger partial charge in [-0.2, -0.15) is 0 Å². The number of hydrogen-bond donors (Lipinski definition) is 1. The quantitative estimate of drug-likeness (QED) is 0.735. The normalized spacial score (nSPS) is 27.1. The number of halogens is 2. The number of hydrogen-bond acceptors (Lipinski definition) is 3. The number of amides is 1. The maximum Gasteiger partial charge on any atom is 0.230 e. The highest BCUT2D eigenvalue weighted by Crippen LogP contribution is 2.39. The Hall–Kier alpha value is -0.810. The maximum absolute atomic E-state index is 12.8. The molecule has 1 N–H and O–H groups in total. The Morgan fingerprint density at radius 1 is 1.24 bits per heavy atom. The van der Waals surface area contributed by atoms with Crippen molar-refractivity contribution in [3.8, 4) is 0 Å². The van der Waals surface area contributed by atoms with Crippen LogP contribution < -0.4 is 5.32 Å². The smallest absolute Gasteiger partial charge is 0.230 e. The molecule has 138 valence electrons. The van der Waals surface area contributed by atoms with E-state index in [1.54, 1.807) is 6.07 Å². The van der Waals surface area contributed by atoms with Crippen LogP contribution in [0.1, 0.15) is 50.5 Å². The fourth-order valence-electron chi connectivity index (χ4n) is 3.76. The van der Waals surface area contributed by atoms with Crippen molar-refractivity contribution in [2.45, 2.75) is 56.7 Å². The van der Waals surface area contributed by atoms with Gasteiger partial charge in [-0.25, -0.2) is 0 Å². The molecule has 0 spiro atoms. The third kappa shape index (κ3) is 4.48. The molecule has 2 aliphatic heterocycles. The lowest BCUT2D eigenvalue weighted by Crippen LogP contribution is -2.49. The monoisotopic (exact) mass is 385 g/mol. The molecule has 25 heavy (non-hydrogen) atoms. The van der Waals surface area contributed by atoms with Crippen molar-refractivity contribution in [2.75, 3.05) is 19.8 Å². The van der Waals surface area contributed by atoms with Gasteiger partial charge in [0.15, 0.2) is 6.29 Å². The highest BCUT2D eigenvalue weighted by atomic mass is 35.5. The molecule has 1 amide bonds. The second kappa shape index (κ2) is 8.72. The van der Waals surface area contributed by atoms with Crippen molar-refractivity contribution in [3.63, 3.8) is 0 Å². The fourth-order valence-corrected chi connectivity index (χ4v) is 4.06. The summed E-state index contributed by atoms with van der Waals surface area (Å²) in [5.74, 6) is 0.0751. The number of nitrogens with one attached hydrogen (secondary N) is 1. The van der Waals surface area contributed by atoms with Crippen LogP contribution in [0.15, 0.2) is 18.2 Å². The highest BCUT2D eigenvalue weighted by Gasteiger charge is 2.41. The van der Waals surface area contributed by atoms with E-state index in [-0.39, 0.29) is 12.2 Å². The first kappa shape index (κ1) is 19.0. The van der Waals surface area contributed by atoms with Gasteiger partial charge in [0, 0.05) is 19.8 Å². The number of benzene rings is 1. The second-order valence-corrected chi connectivity index (χ2v) is 7.66. The summed E-state index contributed by atoms with van der Waals surface area (Å²) in [5, 5.41) is 4.01. The topological polar surface area (TPSA) is 47.6 Å². The van der Waals surface area contributed by atoms with Gasteiger partial charge in [0.1, 0.15) is 0 Å². The Labute approximate surface area is 159 Å². The number of piperidine rings is 1. The number of carbonyl (C=O) groups excluding carboxylic acids is 1. The summed E-state index contributed by atoms with van der Waals surface area (Å²) in [7, 11) is 0. The molecule has 2 aliphatic rings. The van der Waals surface area contributed by atoms with Crippen molar-refractivity contribution in [3.05, 3.63) is 33.8 Å². The minimum atomic E-state index is -0.552. The van der Waals surface area contributed by atoms with Crippen molar-refractivity contribution >= 4 is 29.1 Å². The number of rotatable bonds is 6. The van der Waals surface area contributed by atoms with Crippen LogP contribution >= 0.6 is 23.2 Å². The first-order chi connectivity index (χ1) is 12.1. The average Bonchev–Trinajstić information content (AvgIpc) is 2.63. The van der Waals surface area contributed by atoms with Crippen molar-refractivity contribution < 1.29 is 14.3 Å². The van der Waals surface area contributed by atoms with Gasteiger partial charge in [0.2, 0.25) is 5.91 Å². The summed E-state index contributed by atoms with van der Waals surface area (Å²) >= 11 is 12.2. The SMILES string of the molecule is O=C1NCCCC1(CCCOC1CCCCO1)c1ccc(Cl)c(Cl)c1. The van der Waals surface area contributed by atoms with Crippen molar-refractivity contribution in [1.29, 1.82) is 0 Å². The predicted octanol–water partition coefficient (Wildman–Crippen LogP) is 4.46. The Bertz CT molecular complexity index is 604. The molecule has 0 saturated carbocycles. The van der Waals surface area contributed by atoms with E-state index < -0.39 is 5.41 Å². The van der Waals surface area contributed by atoms with Crippen LogP contribution in [-0.2, 0) is 19.7 Å². The zero-order valence-electron chi connectivity index (χ0n) is 14.4. The Balaban J connectivity index is 1.66. The molecule has 0 aliphatic carbocycles. The van der Waals surface area contributed by atoms with E-state index in [9.17, 15) is 4.79 Å². The lowest BCUT2D eigenvalue weighted by molar-refractivity contribution is -0.163. The third-order valence-corrected chi connectivity index (χ3v) is 5.90. The summed E-state index contributed by atoms with van der Waals surface area (Å²) < 4.78 is 11.4. The van der Waals surface area contributed by atoms with Crippen LogP contribution in [0, 0.1) is 0 Å². The lowest BCUT2D eigenvalue weighted by atomic mass is 9.71. The first-order valence-electron chi connectivity index (χ1n) is 9.09. The average molecular weight is 386 g/mol. The first-order valence-corrected chi connectivity index (χ1v) is 9.84. The van der Waals surface area contributed by atoms with Crippen LogP contribution in [0.4, 0.5) is 0 Å². The van der Waals surface area contributed by atoms with E-state index in [1.165, 1.54) is 0 Å². The number of carbonyl (C=O) groups is 1.